The maximum Gasteiger partial charge on any atom is 0.269 e. The molecular weight excluding hydrogens is 332 g/mol. The minimum atomic E-state index is -0.425. The molecule has 0 amide bonds. The summed E-state index contributed by atoms with van der Waals surface area (Å²) in [5.41, 5.74) is 1.03. The van der Waals surface area contributed by atoms with Crippen molar-refractivity contribution in [2.45, 2.75) is 59.0 Å². The largest absolute Gasteiger partial charge is 0.338 e. The third kappa shape index (κ3) is 4.27. The topological polar surface area (TPSA) is 94.1 Å². The zero-order chi connectivity index (χ0) is 18.7. The maximum atomic E-state index is 10.7. The van der Waals surface area contributed by atoms with Crippen LogP contribution in [0.4, 0.5) is 5.69 Å². The summed E-state index contributed by atoms with van der Waals surface area (Å²) in [6, 6.07) is 6.62. The number of rotatable bonds is 5. The number of nitrogens with zero attached hydrogens (tertiary/aromatic N) is 3. The second-order valence-corrected chi connectivity index (χ2v) is 8.06. The Hall–Kier alpha value is -2.28. The van der Waals surface area contributed by atoms with Crippen molar-refractivity contribution in [2.24, 2.45) is 11.3 Å². The molecule has 7 nitrogen and oxygen atoms in total. The van der Waals surface area contributed by atoms with Gasteiger partial charge in [0.15, 0.2) is 0 Å². The number of nitro groups is 1. The van der Waals surface area contributed by atoms with Crippen LogP contribution in [0, 0.1) is 21.4 Å². The first kappa shape index (κ1) is 18.5. The molecule has 1 aromatic carbocycles. The van der Waals surface area contributed by atoms with Gasteiger partial charge in [-0.25, -0.2) is 0 Å². The van der Waals surface area contributed by atoms with Gasteiger partial charge >= 0.3 is 0 Å². The number of hydrogen-bond acceptors (Lipinski definition) is 6. The van der Waals surface area contributed by atoms with Crippen LogP contribution < -0.4 is 5.32 Å². The van der Waals surface area contributed by atoms with Gasteiger partial charge in [-0.1, -0.05) is 38.8 Å². The van der Waals surface area contributed by atoms with Crippen LogP contribution in [-0.4, -0.2) is 21.1 Å². The van der Waals surface area contributed by atoms with Crippen molar-refractivity contribution in [3.63, 3.8) is 0 Å². The predicted octanol–water partition coefficient (Wildman–Crippen LogP) is 4.34. The summed E-state index contributed by atoms with van der Waals surface area (Å²) < 4.78 is 5.35. The van der Waals surface area contributed by atoms with Gasteiger partial charge in [-0.15, -0.1) is 0 Å². The van der Waals surface area contributed by atoms with E-state index in [1.54, 1.807) is 12.1 Å². The average molecular weight is 358 g/mol. The first-order chi connectivity index (χ1) is 12.3. The molecule has 2 aromatic rings. The van der Waals surface area contributed by atoms with E-state index in [9.17, 15) is 10.1 Å². The standard InChI is InChI=1S/C19H26N4O3/c1-19(2,3)15-6-4-5-7-16(15)20-12-17-21-18(22-26-17)13-8-10-14(11-9-13)23(24)25/h8-11,15-16,20H,4-7,12H2,1-3H3. The SMILES string of the molecule is CC(C)(C)C1CCCCC1NCc1nc(-c2ccc([N+](=O)[O-])cc2)no1. The van der Waals surface area contributed by atoms with E-state index in [-0.39, 0.29) is 11.1 Å². The Labute approximate surface area is 153 Å². The molecule has 1 fully saturated rings. The highest BCUT2D eigenvalue weighted by atomic mass is 16.6. The van der Waals surface area contributed by atoms with Crippen LogP contribution in [0.15, 0.2) is 28.8 Å². The smallest absolute Gasteiger partial charge is 0.269 e. The van der Waals surface area contributed by atoms with Gasteiger partial charge in [-0.05, 0) is 36.3 Å². The Bertz CT molecular complexity index is 749. The van der Waals surface area contributed by atoms with E-state index >= 15 is 0 Å². The van der Waals surface area contributed by atoms with Crippen molar-refractivity contribution in [2.75, 3.05) is 0 Å². The molecule has 1 heterocycles. The number of aromatic nitrogens is 2. The fourth-order valence-electron chi connectivity index (χ4n) is 3.81. The Morgan fingerprint density at radius 2 is 1.92 bits per heavy atom. The van der Waals surface area contributed by atoms with Crippen molar-refractivity contribution in [3.05, 3.63) is 40.3 Å². The summed E-state index contributed by atoms with van der Waals surface area (Å²) >= 11 is 0. The Morgan fingerprint density at radius 1 is 1.23 bits per heavy atom. The molecule has 2 atom stereocenters. The van der Waals surface area contributed by atoms with Gasteiger partial charge in [-0.3, -0.25) is 10.1 Å². The highest BCUT2D eigenvalue weighted by Gasteiger charge is 2.33. The molecule has 3 rings (SSSR count). The van der Waals surface area contributed by atoms with Crippen LogP contribution in [0.2, 0.25) is 0 Å². The molecule has 1 saturated carbocycles. The summed E-state index contributed by atoms with van der Waals surface area (Å²) in [7, 11) is 0. The molecule has 7 heteroatoms. The maximum absolute atomic E-state index is 10.7. The van der Waals surface area contributed by atoms with Gasteiger partial charge in [0.2, 0.25) is 11.7 Å². The highest BCUT2D eigenvalue weighted by Crippen LogP contribution is 2.38. The lowest BCUT2D eigenvalue weighted by Crippen LogP contribution is -2.43. The van der Waals surface area contributed by atoms with Crippen molar-refractivity contribution in [1.29, 1.82) is 0 Å². The molecule has 1 aliphatic carbocycles. The normalized spacial score (nSPS) is 20.9. The number of nitrogens with one attached hydrogen (secondary N) is 1. The van der Waals surface area contributed by atoms with Crippen molar-refractivity contribution >= 4 is 5.69 Å². The molecule has 0 saturated heterocycles. The molecule has 0 bridgehead atoms. The van der Waals surface area contributed by atoms with E-state index in [0.717, 1.165) is 0 Å². The fourth-order valence-corrected chi connectivity index (χ4v) is 3.81. The summed E-state index contributed by atoms with van der Waals surface area (Å²) in [6.07, 6.45) is 4.97. The summed E-state index contributed by atoms with van der Waals surface area (Å²) in [5, 5.41) is 18.3. The lowest BCUT2D eigenvalue weighted by atomic mass is 9.69. The molecule has 1 N–H and O–H groups in total. The van der Waals surface area contributed by atoms with Crippen LogP contribution >= 0.6 is 0 Å². The van der Waals surface area contributed by atoms with E-state index in [2.05, 4.69) is 36.2 Å². The number of non-ortho nitro benzene ring substituents is 1. The molecular formula is C19H26N4O3. The molecule has 0 radical (unpaired) electrons. The highest BCUT2D eigenvalue weighted by molar-refractivity contribution is 5.56. The molecule has 2 unspecified atom stereocenters. The third-order valence-electron chi connectivity index (χ3n) is 5.20. The average Bonchev–Trinajstić information content (AvgIpc) is 3.08. The van der Waals surface area contributed by atoms with E-state index in [0.29, 0.717) is 35.8 Å². The van der Waals surface area contributed by atoms with Gasteiger partial charge in [-0.2, -0.15) is 4.98 Å². The molecule has 26 heavy (non-hydrogen) atoms. The van der Waals surface area contributed by atoms with Crippen LogP contribution in [0.3, 0.4) is 0 Å². The monoisotopic (exact) mass is 358 g/mol. The van der Waals surface area contributed by atoms with E-state index < -0.39 is 4.92 Å². The van der Waals surface area contributed by atoms with Crippen LogP contribution in [0.1, 0.15) is 52.3 Å². The summed E-state index contributed by atoms with van der Waals surface area (Å²) in [4.78, 5) is 14.7. The Morgan fingerprint density at radius 3 is 2.58 bits per heavy atom. The van der Waals surface area contributed by atoms with E-state index in [1.165, 1.54) is 37.8 Å². The van der Waals surface area contributed by atoms with Gasteiger partial charge in [0.25, 0.3) is 5.69 Å². The zero-order valence-corrected chi connectivity index (χ0v) is 15.6. The minimum Gasteiger partial charge on any atom is -0.338 e. The molecule has 0 spiro atoms. The van der Waals surface area contributed by atoms with Crippen molar-refractivity contribution < 1.29 is 9.45 Å². The Balaban J connectivity index is 1.64. The van der Waals surface area contributed by atoms with Crippen molar-refractivity contribution in [1.82, 2.24) is 15.5 Å². The van der Waals surface area contributed by atoms with E-state index in [4.69, 9.17) is 4.52 Å². The van der Waals surface area contributed by atoms with Crippen LogP contribution in [0.25, 0.3) is 11.4 Å². The first-order valence-electron chi connectivity index (χ1n) is 9.15. The van der Waals surface area contributed by atoms with Gasteiger partial charge in [0.1, 0.15) is 0 Å². The lowest BCUT2D eigenvalue weighted by molar-refractivity contribution is -0.384. The van der Waals surface area contributed by atoms with Crippen LogP contribution in [-0.2, 0) is 6.54 Å². The van der Waals surface area contributed by atoms with E-state index in [1.807, 2.05) is 0 Å². The second-order valence-electron chi connectivity index (χ2n) is 8.06. The lowest BCUT2D eigenvalue weighted by Gasteiger charge is -2.40. The van der Waals surface area contributed by atoms with Crippen LogP contribution in [0.5, 0.6) is 0 Å². The van der Waals surface area contributed by atoms with Gasteiger partial charge in [0.05, 0.1) is 11.5 Å². The summed E-state index contributed by atoms with van der Waals surface area (Å²) in [6.45, 7) is 7.45. The third-order valence-corrected chi connectivity index (χ3v) is 5.20. The quantitative estimate of drug-likeness (QED) is 0.631. The zero-order valence-electron chi connectivity index (χ0n) is 15.6. The number of hydrogen-bond donors (Lipinski definition) is 1. The molecule has 1 aliphatic rings. The van der Waals surface area contributed by atoms with Gasteiger partial charge in [0, 0.05) is 23.7 Å². The molecule has 140 valence electrons. The predicted molar refractivity (Wildman–Crippen MR) is 98.4 cm³/mol. The number of benzene rings is 1. The first-order valence-corrected chi connectivity index (χ1v) is 9.15. The van der Waals surface area contributed by atoms with Gasteiger partial charge < -0.3 is 9.84 Å². The van der Waals surface area contributed by atoms with Crippen molar-refractivity contribution in [3.8, 4) is 11.4 Å². The minimum absolute atomic E-state index is 0.0460. The Kier molecular flexibility index (Phi) is 5.36. The second kappa shape index (κ2) is 7.53. The number of nitro benzene ring substituents is 1. The fraction of sp³-hybridized carbons (Fsp3) is 0.579. The molecule has 0 aliphatic heterocycles. The molecule has 1 aromatic heterocycles. The summed E-state index contributed by atoms with van der Waals surface area (Å²) in [5.74, 6) is 1.62.